The molecule has 4 heterocycles. The molecule has 0 aromatic carbocycles. The van der Waals surface area contributed by atoms with Crippen LogP contribution in [0, 0.1) is 11.3 Å². The van der Waals surface area contributed by atoms with Gasteiger partial charge in [-0.05, 0) is 49.3 Å². The van der Waals surface area contributed by atoms with Gasteiger partial charge < -0.3 is 4.90 Å². The van der Waals surface area contributed by atoms with E-state index in [9.17, 15) is 18.0 Å². The van der Waals surface area contributed by atoms with Gasteiger partial charge in [0.2, 0.25) is 5.91 Å². The molecule has 2 fully saturated rings. The summed E-state index contributed by atoms with van der Waals surface area (Å²) in [7, 11) is 0. The van der Waals surface area contributed by atoms with Crippen molar-refractivity contribution in [3.8, 4) is 0 Å². The summed E-state index contributed by atoms with van der Waals surface area (Å²) in [5, 5.41) is 4.37. The smallest absolute Gasteiger partial charge is 0.337 e. The van der Waals surface area contributed by atoms with Gasteiger partial charge in [0.1, 0.15) is 0 Å². The maximum atomic E-state index is 13.9. The Morgan fingerprint density at radius 1 is 1.18 bits per heavy atom. The van der Waals surface area contributed by atoms with Crippen molar-refractivity contribution in [3.05, 3.63) is 47.0 Å². The monoisotopic (exact) mass is 459 g/mol. The third-order valence-electron chi connectivity index (χ3n) is 8.48. The first-order valence-electron chi connectivity index (χ1n) is 11.9. The first-order chi connectivity index (χ1) is 15.8. The molecule has 0 radical (unpaired) electrons. The highest BCUT2D eigenvalue weighted by Crippen LogP contribution is 2.56. The summed E-state index contributed by atoms with van der Waals surface area (Å²) in [5.41, 5.74) is 1.34. The van der Waals surface area contributed by atoms with E-state index in [0.717, 1.165) is 57.9 Å². The second-order valence-electron chi connectivity index (χ2n) is 10.2. The molecule has 6 rings (SSSR count). The van der Waals surface area contributed by atoms with E-state index in [1.165, 1.54) is 11.8 Å². The topological polar surface area (TPSA) is 54.3 Å². The Morgan fingerprint density at radius 3 is 2.91 bits per heavy atom. The number of carbonyl (C=O) groups excluding carboxylic acids is 1. The molecular formula is C24H28F3N5O. The standard InChI is InChI=1S/C24H28F3N5O/c25-24(26,27)18-10-16-14-31(7-4-21(16)28-13-18)22(33)23-5-1-2-17(23)11-20(12-23)30-8-9-32-19(15-30)3-6-29-32/h3,6,10,13,17,20H,1-2,4-5,7-9,11-12,14-15H2/t17-,20-,23-/m1/s1. The van der Waals surface area contributed by atoms with Crippen molar-refractivity contribution in [2.45, 2.75) is 70.4 Å². The molecule has 2 saturated carbocycles. The predicted octanol–water partition coefficient (Wildman–Crippen LogP) is 3.65. The Kier molecular flexibility index (Phi) is 4.83. The van der Waals surface area contributed by atoms with E-state index >= 15 is 0 Å². The number of carbonyl (C=O) groups is 1. The van der Waals surface area contributed by atoms with Crippen LogP contribution >= 0.6 is 0 Å². The van der Waals surface area contributed by atoms with E-state index in [-0.39, 0.29) is 17.9 Å². The van der Waals surface area contributed by atoms with Gasteiger partial charge >= 0.3 is 6.18 Å². The van der Waals surface area contributed by atoms with Crippen molar-refractivity contribution in [1.82, 2.24) is 24.6 Å². The fraction of sp³-hybridized carbons (Fsp3) is 0.625. The highest BCUT2D eigenvalue weighted by atomic mass is 19.4. The van der Waals surface area contributed by atoms with Gasteiger partial charge in [0.25, 0.3) is 0 Å². The zero-order valence-electron chi connectivity index (χ0n) is 18.5. The van der Waals surface area contributed by atoms with Crippen LogP contribution in [0.25, 0.3) is 0 Å². The summed E-state index contributed by atoms with van der Waals surface area (Å²) in [6, 6.07) is 3.62. The average Bonchev–Trinajstić information content (AvgIpc) is 3.51. The molecule has 0 N–H and O–H groups in total. The molecule has 2 aliphatic heterocycles. The van der Waals surface area contributed by atoms with Crippen LogP contribution in [0.5, 0.6) is 0 Å². The minimum Gasteiger partial charge on any atom is -0.337 e. The van der Waals surface area contributed by atoms with Crippen LogP contribution in [-0.2, 0) is 37.0 Å². The number of pyridine rings is 1. The number of halogens is 3. The molecule has 2 aromatic rings. The molecule has 2 aliphatic carbocycles. The first kappa shape index (κ1) is 21.1. The summed E-state index contributed by atoms with van der Waals surface area (Å²) in [5.74, 6) is 0.514. The van der Waals surface area contributed by atoms with Gasteiger partial charge in [-0.3, -0.25) is 19.4 Å². The van der Waals surface area contributed by atoms with Crippen molar-refractivity contribution in [2.75, 3.05) is 13.1 Å². The normalized spacial score (nSPS) is 29.6. The molecule has 6 nitrogen and oxygen atoms in total. The third-order valence-corrected chi connectivity index (χ3v) is 8.48. The Bertz CT molecular complexity index is 1080. The van der Waals surface area contributed by atoms with E-state index < -0.39 is 11.7 Å². The Labute approximate surface area is 190 Å². The predicted molar refractivity (Wildman–Crippen MR) is 114 cm³/mol. The molecule has 0 saturated heterocycles. The van der Waals surface area contributed by atoms with E-state index in [4.69, 9.17) is 0 Å². The van der Waals surface area contributed by atoms with Gasteiger partial charge in [-0.1, -0.05) is 6.42 Å². The van der Waals surface area contributed by atoms with Crippen LogP contribution < -0.4 is 0 Å². The van der Waals surface area contributed by atoms with Gasteiger partial charge in [-0.2, -0.15) is 18.3 Å². The van der Waals surface area contributed by atoms with Crippen molar-refractivity contribution < 1.29 is 18.0 Å². The van der Waals surface area contributed by atoms with Crippen LogP contribution in [0.15, 0.2) is 24.5 Å². The lowest BCUT2D eigenvalue weighted by atomic mass is 9.78. The number of fused-ring (bicyclic) bond motifs is 3. The van der Waals surface area contributed by atoms with Crippen molar-refractivity contribution >= 4 is 5.91 Å². The molecule has 2 aromatic heterocycles. The van der Waals surface area contributed by atoms with Crippen molar-refractivity contribution in [2.24, 2.45) is 11.3 Å². The number of rotatable bonds is 2. The molecule has 33 heavy (non-hydrogen) atoms. The fourth-order valence-corrected chi connectivity index (χ4v) is 6.82. The number of aromatic nitrogens is 3. The maximum absolute atomic E-state index is 13.9. The molecule has 0 unspecified atom stereocenters. The molecule has 176 valence electrons. The minimum absolute atomic E-state index is 0.151. The maximum Gasteiger partial charge on any atom is 0.417 e. The van der Waals surface area contributed by atoms with E-state index in [1.54, 1.807) is 0 Å². The van der Waals surface area contributed by atoms with Crippen molar-refractivity contribution in [3.63, 3.8) is 0 Å². The van der Waals surface area contributed by atoms with Crippen LogP contribution in [0.1, 0.15) is 54.6 Å². The van der Waals surface area contributed by atoms with Crippen LogP contribution in [0.4, 0.5) is 13.2 Å². The van der Waals surface area contributed by atoms with Crippen LogP contribution in [-0.4, -0.2) is 49.6 Å². The number of hydrogen-bond donors (Lipinski definition) is 0. The average molecular weight is 460 g/mol. The van der Waals surface area contributed by atoms with Crippen LogP contribution in [0.2, 0.25) is 0 Å². The summed E-state index contributed by atoms with van der Waals surface area (Å²) >= 11 is 0. The molecule has 3 atom stereocenters. The minimum atomic E-state index is -4.42. The van der Waals surface area contributed by atoms with E-state index in [2.05, 4.69) is 25.7 Å². The lowest BCUT2D eigenvalue weighted by molar-refractivity contribution is -0.144. The summed E-state index contributed by atoms with van der Waals surface area (Å²) in [6.45, 7) is 3.45. The number of amides is 1. The summed E-state index contributed by atoms with van der Waals surface area (Å²) in [6.07, 6.45) is 3.75. The molecule has 0 bridgehead atoms. The largest absolute Gasteiger partial charge is 0.417 e. The highest BCUT2D eigenvalue weighted by Gasteiger charge is 2.57. The molecule has 4 aliphatic rings. The zero-order chi connectivity index (χ0) is 22.8. The summed E-state index contributed by atoms with van der Waals surface area (Å²) in [4.78, 5) is 22.3. The second-order valence-corrected chi connectivity index (χ2v) is 10.2. The van der Waals surface area contributed by atoms with Gasteiger partial charge in [0.15, 0.2) is 0 Å². The molecule has 9 heteroatoms. The number of alkyl halides is 3. The van der Waals surface area contributed by atoms with Crippen LogP contribution in [0.3, 0.4) is 0 Å². The molecule has 1 amide bonds. The summed E-state index contributed by atoms with van der Waals surface area (Å²) < 4.78 is 41.6. The highest BCUT2D eigenvalue weighted by molar-refractivity contribution is 5.84. The Hall–Kier alpha value is -2.42. The van der Waals surface area contributed by atoms with E-state index in [1.807, 2.05) is 11.1 Å². The zero-order valence-corrected chi connectivity index (χ0v) is 18.5. The third kappa shape index (κ3) is 3.47. The van der Waals surface area contributed by atoms with Gasteiger partial charge in [-0.15, -0.1) is 0 Å². The van der Waals surface area contributed by atoms with Gasteiger partial charge in [0.05, 0.1) is 23.2 Å². The SMILES string of the molecule is O=C(N1CCc2ncc(C(F)(F)F)cc2C1)[C@@]12CCC[C@@H]1C[C@@H](N1CCn3nccc3C1)C2. The number of nitrogens with zero attached hydrogens (tertiary/aromatic N) is 5. The molecular weight excluding hydrogens is 431 g/mol. The van der Waals surface area contributed by atoms with Gasteiger partial charge in [0, 0.05) is 56.7 Å². The van der Waals surface area contributed by atoms with E-state index in [0.29, 0.717) is 36.2 Å². The van der Waals surface area contributed by atoms with Crippen molar-refractivity contribution in [1.29, 1.82) is 0 Å². The Morgan fingerprint density at radius 2 is 2.06 bits per heavy atom. The lowest BCUT2D eigenvalue weighted by Gasteiger charge is -2.38. The quantitative estimate of drug-likeness (QED) is 0.688. The van der Waals surface area contributed by atoms with Gasteiger partial charge in [-0.25, -0.2) is 0 Å². The number of hydrogen-bond acceptors (Lipinski definition) is 4. The second kappa shape index (κ2) is 7.55. The lowest BCUT2D eigenvalue weighted by Crippen LogP contribution is -2.47. The molecule has 0 spiro atoms. The Balaban J connectivity index is 1.21. The first-order valence-corrected chi connectivity index (χ1v) is 11.9. The fourth-order valence-electron chi connectivity index (χ4n) is 6.82.